The molecule has 0 atom stereocenters. The Morgan fingerprint density at radius 3 is 1.29 bits per heavy atom. The van der Waals surface area contributed by atoms with Crippen molar-refractivity contribution >= 4 is 49.6 Å². The van der Waals surface area contributed by atoms with Gasteiger partial charge in [-0.25, -0.2) is 0 Å². The molecule has 2 heterocycles. The average molecular weight is 424 g/mol. The van der Waals surface area contributed by atoms with Crippen LogP contribution in [0.5, 0.6) is 0 Å². The highest BCUT2D eigenvalue weighted by atomic mass is 35.5. The minimum atomic E-state index is 0. The first-order valence-electron chi connectivity index (χ1n) is 6.16. The summed E-state index contributed by atoms with van der Waals surface area (Å²) in [5.74, 6) is 0. The number of aromatic nitrogens is 2. The molecule has 0 saturated carbocycles. The van der Waals surface area contributed by atoms with Gasteiger partial charge in [0.25, 0.3) is 0 Å². The lowest BCUT2D eigenvalue weighted by molar-refractivity contribution is 0.601. The van der Waals surface area contributed by atoms with Crippen LogP contribution < -0.4 is 10.6 Å². The highest BCUT2D eigenvalue weighted by Gasteiger charge is 1.93. The minimum Gasteiger partial charge on any atom is -0.412 e. The predicted octanol–water partition coefficient (Wildman–Crippen LogP) is 1.39. The van der Waals surface area contributed by atoms with Crippen LogP contribution in [-0.4, -0.2) is 34.0 Å². The molecular formula is C14H26Cl4N4O2. The molecule has 0 saturated heterocycles. The van der Waals surface area contributed by atoms with Crippen molar-refractivity contribution in [3.63, 3.8) is 0 Å². The van der Waals surface area contributed by atoms with Crippen molar-refractivity contribution in [1.29, 1.82) is 0 Å². The lowest BCUT2D eigenvalue weighted by atomic mass is 10.3. The first-order valence-corrected chi connectivity index (χ1v) is 6.16. The van der Waals surface area contributed by atoms with Gasteiger partial charge in [-0.2, -0.15) is 0 Å². The molecule has 142 valence electrons. The van der Waals surface area contributed by atoms with Crippen molar-refractivity contribution in [1.82, 2.24) is 20.6 Å². The van der Waals surface area contributed by atoms with E-state index in [1.165, 1.54) is 0 Å². The van der Waals surface area contributed by atoms with Crippen molar-refractivity contribution in [3.8, 4) is 0 Å². The van der Waals surface area contributed by atoms with Crippen LogP contribution in [0.1, 0.15) is 11.4 Å². The first kappa shape index (κ1) is 34.6. The topological polar surface area (TPSA) is 113 Å². The summed E-state index contributed by atoms with van der Waals surface area (Å²) in [5, 5.41) is 6.69. The fourth-order valence-electron chi connectivity index (χ4n) is 1.62. The predicted molar refractivity (Wildman–Crippen MR) is 108 cm³/mol. The van der Waals surface area contributed by atoms with Gasteiger partial charge in [0.15, 0.2) is 0 Å². The van der Waals surface area contributed by atoms with Gasteiger partial charge in [0.2, 0.25) is 0 Å². The number of hydrogen-bond acceptors (Lipinski definition) is 4. The molecule has 0 unspecified atom stereocenters. The number of halogens is 4. The third-order valence-electron chi connectivity index (χ3n) is 2.54. The van der Waals surface area contributed by atoms with E-state index < -0.39 is 0 Å². The second-order valence-corrected chi connectivity index (χ2v) is 4.00. The van der Waals surface area contributed by atoms with Crippen LogP contribution in [0, 0.1) is 0 Å². The van der Waals surface area contributed by atoms with E-state index in [4.69, 9.17) is 0 Å². The zero-order valence-electron chi connectivity index (χ0n) is 13.0. The van der Waals surface area contributed by atoms with Gasteiger partial charge in [0, 0.05) is 38.6 Å². The fourth-order valence-corrected chi connectivity index (χ4v) is 1.62. The molecule has 2 rings (SSSR count). The monoisotopic (exact) mass is 422 g/mol. The normalized spacial score (nSPS) is 7.83. The highest BCUT2D eigenvalue weighted by Crippen LogP contribution is 1.92. The summed E-state index contributed by atoms with van der Waals surface area (Å²) in [6.45, 7) is 3.46. The van der Waals surface area contributed by atoms with Crippen molar-refractivity contribution in [2.75, 3.05) is 13.1 Å². The number of nitrogens with zero attached hydrogens (tertiary/aromatic N) is 2. The molecule has 24 heavy (non-hydrogen) atoms. The van der Waals surface area contributed by atoms with E-state index in [0.29, 0.717) is 0 Å². The fraction of sp³-hybridized carbons (Fsp3) is 0.286. The molecule has 0 spiro atoms. The molecule has 0 radical (unpaired) electrons. The van der Waals surface area contributed by atoms with Gasteiger partial charge in [0.1, 0.15) is 0 Å². The molecule has 10 heteroatoms. The van der Waals surface area contributed by atoms with Gasteiger partial charge < -0.3 is 21.6 Å². The summed E-state index contributed by atoms with van der Waals surface area (Å²) in [5.41, 5.74) is 2.14. The van der Waals surface area contributed by atoms with Gasteiger partial charge >= 0.3 is 0 Å². The molecule has 0 aliphatic heterocycles. The Balaban J connectivity index is -0.000000201. The van der Waals surface area contributed by atoms with E-state index in [-0.39, 0.29) is 60.6 Å². The lowest BCUT2D eigenvalue weighted by Crippen LogP contribution is -2.27. The molecule has 0 fully saturated rings. The Morgan fingerprint density at radius 2 is 1.00 bits per heavy atom. The summed E-state index contributed by atoms with van der Waals surface area (Å²) in [6, 6.07) is 11.9. The smallest absolute Gasteiger partial charge is 0.0541 e. The molecule has 6 nitrogen and oxygen atoms in total. The zero-order valence-corrected chi connectivity index (χ0v) is 16.2. The molecular weight excluding hydrogens is 398 g/mol. The largest absolute Gasteiger partial charge is 0.412 e. The summed E-state index contributed by atoms with van der Waals surface area (Å²) in [4.78, 5) is 8.50. The molecule has 2 aromatic rings. The second-order valence-electron chi connectivity index (χ2n) is 4.00. The lowest BCUT2D eigenvalue weighted by Gasteiger charge is -2.06. The van der Waals surface area contributed by atoms with E-state index in [0.717, 1.165) is 37.6 Å². The highest BCUT2D eigenvalue weighted by molar-refractivity contribution is 5.86. The van der Waals surface area contributed by atoms with Crippen molar-refractivity contribution in [3.05, 3.63) is 60.2 Å². The maximum absolute atomic E-state index is 4.25. The second kappa shape index (κ2) is 22.3. The maximum atomic E-state index is 4.25. The van der Waals surface area contributed by atoms with E-state index >= 15 is 0 Å². The van der Waals surface area contributed by atoms with Crippen molar-refractivity contribution in [2.24, 2.45) is 0 Å². The number of nitrogens with one attached hydrogen (secondary N) is 2. The van der Waals surface area contributed by atoms with Crippen LogP contribution in [0.25, 0.3) is 0 Å². The number of pyridine rings is 2. The van der Waals surface area contributed by atoms with E-state index in [2.05, 4.69) is 20.6 Å². The van der Waals surface area contributed by atoms with Crippen molar-refractivity contribution in [2.45, 2.75) is 13.1 Å². The van der Waals surface area contributed by atoms with E-state index in [9.17, 15) is 0 Å². The Kier molecular flexibility index (Phi) is 32.1. The first-order chi connectivity index (χ1) is 8.95. The SMILES string of the molecule is Cl.Cl.Cl.Cl.O.O.c1ccc(CNCCNCc2ccccn2)nc1. The quantitative estimate of drug-likeness (QED) is 0.655. The van der Waals surface area contributed by atoms with Crippen LogP contribution in [0.2, 0.25) is 0 Å². The van der Waals surface area contributed by atoms with Crippen LogP contribution in [-0.2, 0) is 13.1 Å². The number of hydrogen-bond donors (Lipinski definition) is 2. The Hall–Kier alpha value is -0.700. The Morgan fingerprint density at radius 1 is 0.625 bits per heavy atom. The average Bonchev–Trinajstić information content (AvgIpc) is 2.45. The van der Waals surface area contributed by atoms with E-state index in [1.54, 1.807) is 0 Å². The van der Waals surface area contributed by atoms with Gasteiger partial charge in [-0.1, -0.05) is 12.1 Å². The summed E-state index contributed by atoms with van der Waals surface area (Å²) in [7, 11) is 0. The third-order valence-corrected chi connectivity index (χ3v) is 2.54. The van der Waals surface area contributed by atoms with Crippen LogP contribution in [0.4, 0.5) is 0 Å². The molecule has 0 aromatic carbocycles. The van der Waals surface area contributed by atoms with Crippen molar-refractivity contribution < 1.29 is 11.0 Å². The van der Waals surface area contributed by atoms with Gasteiger partial charge in [0.05, 0.1) is 11.4 Å². The Bertz CT molecular complexity index is 412. The van der Waals surface area contributed by atoms with Gasteiger partial charge in [-0.05, 0) is 24.3 Å². The van der Waals surface area contributed by atoms with Crippen LogP contribution in [0.15, 0.2) is 48.8 Å². The molecule has 6 N–H and O–H groups in total. The molecule has 0 bridgehead atoms. The number of rotatable bonds is 7. The minimum absolute atomic E-state index is 0. The van der Waals surface area contributed by atoms with E-state index in [1.807, 2.05) is 48.8 Å². The third kappa shape index (κ3) is 14.9. The Labute approximate surface area is 167 Å². The molecule has 2 aromatic heterocycles. The summed E-state index contributed by atoms with van der Waals surface area (Å²) < 4.78 is 0. The molecule has 0 aliphatic rings. The zero-order chi connectivity index (χ0) is 12.5. The van der Waals surface area contributed by atoms with Gasteiger partial charge in [-0.15, -0.1) is 49.6 Å². The van der Waals surface area contributed by atoms with Crippen LogP contribution in [0.3, 0.4) is 0 Å². The summed E-state index contributed by atoms with van der Waals surface area (Å²) in [6.07, 6.45) is 3.63. The van der Waals surface area contributed by atoms with Gasteiger partial charge in [-0.3, -0.25) is 9.97 Å². The summed E-state index contributed by atoms with van der Waals surface area (Å²) >= 11 is 0. The molecule has 0 amide bonds. The maximum Gasteiger partial charge on any atom is 0.0541 e. The molecule has 0 aliphatic carbocycles. The van der Waals surface area contributed by atoms with Crippen LogP contribution >= 0.6 is 49.6 Å². The standard InChI is InChI=1S/C14H18N4.4ClH.2H2O/c1-3-7-17-13(5-1)11-15-9-10-16-12-14-6-2-4-8-18-14;;;;;;/h1-8,15-16H,9-12H2;4*1H;2*1H2.